The van der Waals surface area contributed by atoms with E-state index < -0.39 is 0 Å². The van der Waals surface area contributed by atoms with Gasteiger partial charge in [0.1, 0.15) is 18.7 Å². The molecule has 94 valence electrons. The van der Waals surface area contributed by atoms with Gasteiger partial charge in [-0.3, -0.25) is 0 Å². The van der Waals surface area contributed by atoms with Crippen molar-refractivity contribution in [2.45, 2.75) is 19.9 Å². The summed E-state index contributed by atoms with van der Waals surface area (Å²) >= 11 is 0. The van der Waals surface area contributed by atoms with Gasteiger partial charge in [-0.25, -0.2) is 0 Å². The Bertz CT molecular complexity index is 389. The number of hydrogen-bond acceptors (Lipinski definition) is 3. The topological polar surface area (TPSA) is 69.9 Å². The van der Waals surface area contributed by atoms with E-state index in [4.69, 9.17) is 14.7 Å². The molecular weight excluding hydrogens is 240 g/mol. The lowest BCUT2D eigenvalue weighted by Crippen LogP contribution is -3.00. The first-order chi connectivity index (χ1) is 7.69. The molecular formula is C12H17ClN2O2. The van der Waals surface area contributed by atoms with Gasteiger partial charge in [0.05, 0.1) is 12.2 Å². The van der Waals surface area contributed by atoms with Crippen molar-refractivity contribution < 1.29 is 27.6 Å². The fourth-order valence-corrected chi connectivity index (χ4v) is 1.25. The van der Waals surface area contributed by atoms with Gasteiger partial charge in [-0.2, -0.15) is 5.26 Å². The molecule has 0 heterocycles. The minimum Gasteiger partial charge on any atom is -1.00 e. The van der Waals surface area contributed by atoms with E-state index in [1.54, 1.807) is 18.2 Å². The molecule has 0 bridgehead atoms. The second kappa shape index (κ2) is 7.77. The summed E-state index contributed by atoms with van der Waals surface area (Å²) in [7, 11) is 0. The van der Waals surface area contributed by atoms with Crippen LogP contribution in [0.1, 0.15) is 19.4 Å². The molecule has 3 N–H and O–H groups in total. The van der Waals surface area contributed by atoms with Crippen LogP contribution in [-0.2, 0) is 0 Å². The van der Waals surface area contributed by atoms with Crippen molar-refractivity contribution in [1.29, 1.82) is 5.26 Å². The van der Waals surface area contributed by atoms with Crippen LogP contribution in [0, 0.1) is 11.3 Å². The van der Waals surface area contributed by atoms with Crippen LogP contribution in [0.2, 0.25) is 0 Å². The predicted molar refractivity (Wildman–Crippen MR) is 60.2 cm³/mol. The molecule has 0 spiro atoms. The summed E-state index contributed by atoms with van der Waals surface area (Å²) in [6.45, 7) is 4.87. The summed E-state index contributed by atoms with van der Waals surface area (Å²) in [4.78, 5) is 0. The van der Waals surface area contributed by atoms with Gasteiger partial charge in [-0.05, 0) is 26.0 Å². The summed E-state index contributed by atoms with van der Waals surface area (Å²) in [6.07, 6.45) is 0. The van der Waals surface area contributed by atoms with E-state index in [-0.39, 0.29) is 18.4 Å². The molecule has 1 aromatic rings. The van der Waals surface area contributed by atoms with Gasteiger partial charge in [0.25, 0.3) is 0 Å². The number of quaternary nitrogens is 1. The van der Waals surface area contributed by atoms with Crippen molar-refractivity contribution in [1.82, 2.24) is 0 Å². The maximum Gasteiger partial charge on any atom is 0.179 e. The molecule has 0 aromatic heterocycles. The van der Waals surface area contributed by atoms with Gasteiger partial charge in [-0.1, -0.05) is 6.07 Å². The standard InChI is InChI=1S/C12H16N2O2.ClH/c1-3-15-11-6-4-5-10(7-13)12(11)16-8-9(2)14;/h4-6,9H,3,8,14H2,1-2H3;1H. The zero-order chi connectivity index (χ0) is 12.0. The van der Waals surface area contributed by atoms with E-state index in [0.29, 0.717) is 30.3 Å². The zero-order valence-corrected chi connectivity index (χ0v) is 10.8. The summed E-state index contributed by atoms with van der Waals surface area (Å²) < 4.78 is 11.0. The normalized spacial score (nSPS) is 10.9. The average molecular weight is 257 g/mol. The molecule has 0 saturated carbocycles. The van der Waals surface area contributed by atoms with Crippen molar-refractivity contribution in [2.24, 2.45) is 0 Å². The largest absolute Gasteiger partial charge is 1.00 e. The van der Waals surface area contributed by atoms with Crippen molar-refractivity contribution in [3.8, 4) is 17.6 Å². The van der Waals surface area contributed by atoms with Crippen LogP contribution in [-0.4, -0.2) is 19.3 Å². The molecule has 17 heavy (non-hydrogen) atoms. The number of para-hydroxylation sites is 1. The van der Waals surface area contributed by atoms with E-state index in [9.17, 15) is 0 Å². The minimum atomic E-state index is 0. The van der Waals surface area contributed by atoms with Crippen LogP contribution in [0.25, 0.3) is 0 Å². The second-order valence-electron chi connectivity index (χ2n) is 3.59. The highest BCUT2D eigenvalue weighted by atomic mass is 35.5. The molecule has 0 aliphatic rings. The van der Waals surface area contributed by atoms with E-state index >= 15 is 0 Å². The van der Waals surface area contributed by atoms with E-state index in [2.05, 4.69) is 11.8 Å². The molecule has 5 heteroatoms. The molecule has 1 atom stereocenters. The monoisotopic (exact) mass is 256 g/mol. The minimum absolute atomic E-state index is 0. The summed E-state index contributed by atoms with van der Waals surface area (Å²) in [5.74, 6) is 1.13. The van der Waals surface area contributed by atoms with E-state index in [1.807, 2.05) is 13.8 Å². The third-order valence-electron chi connectivity index (χ3n) is 1.91. The first-order valence-electron chi connectivity index (χ1n) is 5.30. The fourth-order valence-electron chi connectivity index (χ4n) is 1.25. The van der Waals surface area contributed by atoms with Crippen molar-refractivity contribution in [3.63, 3.8) is 0 Å². The Labute approximate surface area is 108 Å². The van der Waals surface area contributed by atoms with Gasteiger partial charge >= 0.3 is 0 Å². The van der Waals surface area contributed by atoms with Crippen molar-refractivity contribution in [3.05, 3.63) is 23.8 Å². The first kappa shape index (κ1) is 15.6. The number of rotatable bonds is 5. The first-order valence-corrected chi connectivity index (χ1v) is 5.30. The lowest BCUT2D eigenvalue weighted by Gasteiger charge is -2.13. The van der Waals surface area contributed by atoms with Crippen molar-refractivity contribution in [2.75, 3.05) is 13.2 Å². The highest BCUT2D eigenvalue weighted by Gasteiger charge is 2.11. The van der Waals surface area contributed by atoms with E-state index in [0.717, 1.165) is 0 Å². The molecule has 0 fully saturated rings. The number of hydrogen-bond donors (Lipinski definition) is 1. The summed E-state index contributed by atoms with van der Waals surface area (Å²) in [6, 6.07) is 7.56. The molecule has 0 radical (unpaired) electrons. The van der Waals surface area contributed by atoms with Gasteiger partial charge in [0, 0.05) is 0 Å². The highest BCUT2D eigenvalue weighted by Crippen LogP contribution is 2.30. The molecule has 1 rings (SSSR count). The average Bonchev–Trinajstić information content (AvgIpc) is 2.27. The third kappa shape index (κ3) is 4.51. The number of halogens is 1. The third-order valence-corrected chi connectivity index (χ3v) is 1.91. The Morgan fingerprint density at radius 3 is 2.65 bits per heavy atom. The lowest BCUT2D eigenvalue weighted by atomic mass is 10.2. The Balaban J connectivity index is 0.00000256. The maximum absolute atomic E-state index is 8.98. The number of ether oxygens (including phenoxy) is 2. The Morgan fingerprint density at radius 2 is 2.12 bits per heavy atom. The maximum atomic E-state index is 8.98. The predicted octanol–water partition coefficient (Wildman–Crippen LogP) is -2.03. The number of nitrogens with zero attached hydrogens (tertiary/aromatic N) is 1. The van der Waals surface area contributed by atoms with Gasteiger partial charge in [0.2, 0.25) is 0 Å². The Kier molecular flexibility index (Phi) is 7.11. The van der Waals surface area contributed by atoms with Crippen LogP contribution in [0.4, 0.5) is 0 Å². The highest BCUT2D eigenvalue weighted by molar-refractivity contribution is 5.52. The summed E-state index contributed by atoms with van der Waals surface area (Å²) in [5.41, 5.74) is 4.33. The molecule has 0 aliphatic carbocycles. The Hall–Kier alpha value is -1.44. The molecule has 0 aliphatic heterocycles. The quantitative estimate of drug-likeness (QED) is 0.661. The molecule has 1 unspecified atom stereocenters. The summed E-state index contributed by atoms with van der Waals surface area (Å²) in [5, 5.41) is 8.98. The molecule has 0 amide bonds. The van der Waals surface area contributed by atoms with Gasteiger partial charge < -0.3 is 27.6 Å². The number of benzene rings is 1. The number of nitriles is 1. The Morgan fingerprint density at radius 1 is 1.41 bits per heavy atom. The smallest absolute Gasteiger partial charge is 0.179 e. The molecule has 1 aromatic carbocycles. The van der Waals surface area contributed by atoms with Crippen LogP contribution < -0.4 is 27.6 Å². The van der Waals surface area contributed by atoms with E-state index in [1.165, 1.54) is 0 Å². The van der Waals surface area contributed by atoms with Crippen LogP contribution in [0.5, 0.6) is 11.5 Å². The fraction of sp³-hybridized carbons (Fsp3) is 0.417. The van der Waals surface area contributed by atoms with Crippen LogP contribution >= 0.6 is 0 Å². The van der Waals surface area contributed by atoms with Crippen LogP contribution in [0.3, 0.4) is 0 Å². The SMILES string of the molecule is CCOc1cccc(C#N)c1OCC(C)[NH3+].[Cl-]. The van der Waals surface area contributed by atoms with Crippen LogP contribution in [0.15, 0.2) is 18.2 Å². The zero-order valence-electron chi connectivity index (χ0n) is 10.1. The van der Waals surface area contributed by atoms with Gasteiger partial charge in [-0.15, -0.1) is 0 Å². The second-order valence-corrected chi connectivity index (χ2v) is 3.59. The lowest BCUT2D eigenvalue weighted by molar-refractivity contribution is -0.417. The molecule has 0 saturated heterocycles. The van der Waals surface area contributed by atoms with Crippen molar-refractivity contribution >= 4 is 0 Å². The molecule has 4 nitrogen and oxygen atoms in total. The van der Waals surface area contributed by atoms with Gasteiger partial charge in [0.15, 0.2) is 11.5 Å².